The Morgan fingerprint density at radius 2 is 1.93 bits per heavy atom. The standard InChI is InChI=1S/C19H21F3N2O2.ClH/c20-19(21,22)15-5-3-4-14(9-15)18(6-1-2-7-18)12-24-17(25)13-8-16(10-23)26-11-13;/h3-5,8-9,11H,1-2,6-7,10,12,23H2,(H,24,25);1H. The molecule has 4 nitrogen and oxygen atoms in total. The van der Waals surface area contributed by atoms with Crippen molar-refractivity contribution in [3.05, 3.63) is 59.0 Å². The van der Waals surface area contributed by atoms with Crippen molar-refractivity contribution >= 4 is 18.3 Å². The predicted molar refractivity (Wildman–Crippen MR) is 97.8 cm³/mol. The summed E-state index contributed by atoms with van der Waals surface area (Å²) >= 11 is 0. The van der Waals surface area contributed by atoms with E-state index < -0.39 is 17.2 Å². The predicted octanol–water partition coefficient (Wildman–Crippen LogP) is 4.42. The van der Waals surface area contributed by atoms with E-state index in [1.807, 2.05) is 0 Å². The van der Waals surface area contributed by atoms with Crippen LogP contribution in [-0.4, -0.2) is 12.5 Å². The van der Waals surface area contributed by atoms with E-state index in [4.69, 9.17) is 10.2 Å². The summed E-state index contributed by atoms with van der Waals surface area (Å²) in [7, 11) is 0. The Morgan fingerprint density at radius 3 is 2.52 bits per heavy atom. The van der Waals surface area contributed by atoms with Gasteiger partial charge in [-0.05, 0) is 30.5 Å². The Kier molecular flexibility index (Phi) is 6.59. The van der Waals surface area contributed by atoms with Gasteiger partial charge in [-0.2, -0.15) is 13.2 Å². The number of halogens is 4. The number of hydrogen-bond donors (Lipinski definition) is 2. The van der Waals surface area contributed by atoms with E-state index >= 15 is 0 Å². The van der Waals surface area contributed by atoms with Crippen LogP contribution in [0.1, 0.15) is 52.9 Å². The lowest BCUT2D eigenvalue weighted by Gasteiger charge is -2.30. The molecular weight excluding hydrogens is 381 g/mol. The molecule has 0 saturated heterocycles. The topological polar surface area (TPSA) is 68.3 Å². The Bertz CT molecular complexity index is 783. The van der Waals surface area contributed by atoms with Crippen molar-refractivity contribution in [2.75, 3.05) is 6.54 Å². The van der Waals surface area contributed by atoms with Gasteiger partial charge in [-0.3, -0.25) is 4.79 Å². The molecule has 1 heterocycles. The van der Waals surface area contributed by atoms with Crippen LogP contribution in [0, 0.1) is 0 Å². The van der Waals surface area contributed by atoms with Crippen molar-refractivity contribution in [3.8, 4) is 0 Å². The second-order valence-electron chi connectivity index (χ2n) is 6.75. The van der Waals surface area contributed by atoms with Crippen LogP contribution < -0.4 is 11.1 Å². The van der Waals surface area contributed by atoms with Gasteiger partial charge in [-0.15, -0.1) is 12.4 Å². The van der Waals surface area contributed by atoms with Gasteiger partial charge in [0, 0.05) is 12.0 Å². The number of nitrogens with one attached hydrogen (secondary N) is 1. The van der Waals surface area contributed by atoms with Crippen LogP contribution in [0.5, 0.6) is 0 Å². The first-order valence-corrected chi connectivity index (χ1v) is 8.57. The minimum atomic E-state index is -4.38. The highest BCUT2D eigenvalue weighted by molar-refractivity contribution is 5.94. The Labute approximate surface area is 161 Å². The molecule has 0 atom stereocenters. The summed E-state index contributed by atoms with van der Waals surface area (Å²) in [5, 5.41) is 2.85. The zero-order chi connectivity index (χ0) is 18.8. The molecule has 0 aliphatic heterocycles. The zero-order valence-electron chi connectivity index (χ0n) is 14.6. The summed E-state index contributed by atoms with van der Waals surface area (Å²) < 4.78 is 44.3. The molecule has 0 unspecified atom stereocenters. The third-order valence-electron chi connectivity index (χ3n) is 5.07. The van der Waals surface area contributed by atoms with Gasteiger partial charge in [0.05, 0.1) is 17.7 Å². The number of carbonyl (C=O) groups excluding carboxylic acids is 1. The smallest absolute Gasteiger partial charge is 0.416 e. The minimum Gasteiger partial charge on any atom is -0.467 e. The van der Waals surface area contributed by atoms with Crippen LogP contribution in [0.15, 0.2) is 41.0 Å². The molecule has 8 heteroatoms. The van der Waals surface area contributed by atoms with E-state index in [0.717, 1.165) is 31.7 Å². The summed E-state index contributed by atoms with van der Waals surface area (Å²) in [4.78, 5) is 12.3. The number of nitrogens with two attached hydrogens (primary N) is 1. The van der Waals surface area contributed by atoms with Crippen molar-refractivity contribution in [3.63, 3.8) is 0 Å². The normalized spacial score (nSPS) is 16.0. The van der Waals surface area contributed by atoms with Gasteiger partial charge in [0.25, 0.3) is 5.91 Å². The van der Waals surface area contributed by atoms with Gasteiger partial charge < -0.3 is 15.5 Å². The Balaban J connectivity index is 0.00000261. The number of rotatable bonds is 5. The number of furan rings is 1. The Hall–Kier alpha value is -1.99. The highest BCUT2D eigenvalue weighted by atomic mass is 35.5. The van der Waals surface area contributed by atoms with Crippen molar-refractivity contribution in [1.29, 1.82) is 0 Å². The molecule has 1 fully saturated rings. The molecule has 1 aromatic heterocycles. The number of alkyl halides is 3. The molecule has 148 valence electrons. The summed E-state index contributed by atoms with van der Waals surface area (Å²) in [6.07, 6.45) is 0.296. The molecule has 0 spiro atoms. The molecule has 1 saturated carbocycles. The summed E-state index contributed by atoms with van der Waals surface area (Å²) in [6, 6.07) is 7.01. The van der Waals surface area contributed by atoms with Crippen LogP contribution >= 0.6 is 12.4 Å². The van der Waals surface area contributed by atoms with Gasteiger partial charge in [0.1, 0.15) is 12.0 Å². The molecule has 0 radical (unpaired) electrons. The first kappa shape index (κ1) is 21.3. The fourth-order valence-corrected chi connectivity index (χ4v) is 3.60. The highest BCUT2D eigenvalue weighted by Gasteiger charge is 2.38. The van der Waals surface area contributed by atoms with E-state index in [9.17, 15) is 18.0 Å². The van der Waals surface area contributed by atoms with Crippen LogP contribution in [0.2, 0.25) is 0 Å². The molecule has 3 rings (SSSR count). The molecule has 1 amide bonds. The molecule has 1 aliphatic rings. The van der Waals surface area contributed by atoms with Gasteiger partial charge in [-0.25, -0.2) is 0 Å². The van der Waals surface area contributed by atoms with Crippen molar-refractivity contribution in [2.24, 2.45) is 5.73 Å². The fourth-order valence-electron chi connectivity index (χ4n) is 3.60. The number of hydrogen-bond acceptors (Lipinski definition) is 3. The SMILES string of the molecule is Cl.NCc1cc(C(=O)NCC2(c3cccc(C(F)(F)F)c3)CCCC2)co1. The molecular formula is C19H22ClF3N2O2. The third kappa shape index (κ3) is 4.65. The average molecular weight is 403 g/mol. The van der Waals surface area contributed by atoms with Crippen LogP contribution in [0.3, 0.4) is 0 Å². The second kappa shape index (κ2) is 8.35. The molecule has 27 heavy (non-hydrogen) atoms. The van der Waals surface area contributed by atoms with E-state index in [0.29, 0.717) is 16.9 Å². The largest absolute Gasteiger partial charge is 0.467 e. The maximum absolute atomic E-state index is 13.1. The summed E-state index contributed by atoms with van der Waals surface area (Å²) in [5.74, 6) is 0.190. The van der Waals surface area contributed by atoms with Gasteiger partial charge in [0.15, 0.2) is 0 Å². The van der Waals surface area contributed by atoms with Crippen molar-refractivity contribution < 1.29 is 22.4 Å². The number of amides is 1. The zero-order valence-corrected chi connectivity index (χ0v) is 15.5. The third-order valence-corrected chi connectivity index (χ3v) is 5.07. The maximum atomic E-state index is 13.1. The lowest BCUT2D eigenvalue weighted by Crippen LogP contribution is -2.39. The highest BCUT2D eigenvalue weighted by Crippen LogP contribution is 2.42. The van der Waals surface area contributed by atoms with Crippen LogP contribution in [0.4, 0.5) is 13.2 Å². The first-order valence-electron chi connectivity index (χ1n) is 8.57. The van der Waals surface area contributed by atoms with Gasteiger partial charge in [-0.1, -0.05) is 31.0 Å². The van der Waals surface area contributed by atoms with Gasteiger partial charge >= 0.3 is 6.18 Å². The first-order chi connectivity index (χ1) is 12.3. The Morgan fingerprint density at radius 1 is 1.22 bits per heavy atom. The van der Waals surface area contributed by atoms with Crippen molar-refractivity contribution in [2.45, 2.75) is 43.8 Å². The van der Waals surface area contributed by atoms with E-state index in [-0.39, 0.29) is 31.4 Å². The molecule has 1 aromatic carbocycles. The fraction of sp³-hybridized carbons (Fsp3) is 0.421. The second-order valence-corrected chi connectivity index (χ2v) is 6.75. The van der Waals surface area contributed by atoms with Crippen LogP contribution in [-0.2, 0) is 18.1 Å². The monoisotopic (exact) mass is 402 g/mol. The average Bonchev–Trinajstić information content (AvgIpc) is 3.29. The summed E-state index contributed by atoms with van der Waals surface area (Å²) in [5.41, 5.74) is 5.32. The van der Waals surface area contributed by atoms with E-state index in [1.165, 1.54) is 18.4 Å². The lowest BCUT2D eigenvalue weighted by atomic mass is 9.78. The number of benzene rings is 1. The van der Waals surface area contributed by atoms with E-state index in [1.54, 1.807) is 12.1 Å². The van der Waals surface area contributed by atoms with Crippen LogP contribution in [0.25, 0.3) is 0 Å². The quantitative estimate of drug-likeness (QED) is 0.777. The molecule has 1 aliphatic carbocycles. The lowest BCUT2D eigenvalue weighted by molar-refractivity contribution is -0.137. The summed E-state index contributed by atoms with van der Waals surface area (Å²) in [6.45, 7) is 0.484. The minimum absolute atomic E-state index is 0. The van der Waals surface area contributed by atoms with E-state index in [2.05, 4.69) is 5.32 Å². The molecule has 3 N–H and O–H groups in total. The molecule has 2 aromatic rings. The van der Waals surface area contributed by atoms with Gasteiger partial charge in [0.2, 0.25) is 0 Å². The van der Waals surface area contributed by atoms with Crippen molar-refractivity contribution in [1.82, 2.24) is 5.32 Å². The number of carbonyl (C=O) groups is 1. The molecule has 0 bridgehead atoms. The maximum Gasteiger partial charge on any atom is 0.416 e.